The maximum absolute atomic E-state index is 11.1. The molecule has 0 aromatic heterocycles. The molecule has 104 valence electrons. The molecule has 2 aromatic carbocycles. The third-order valence-corrected chi connectivity index (χ3v) is 3.41. The predicted octanol–water partition coefficient (Wildman–Crippen LogP) is -0.754. The number of para-hydroxylation sites is 1. The fraction of sp³-hybridized carbons (Fsp3) is 0. The van der Waals surface area contributed by atoms with Gasteiger partial charge in [-0.25, -0.2) is 8.42 Å². The second-order valence-electron chi connectivity index (χ2n) is 3.88. The Balaban J connectivity index is 0.00000220. The molecule has 2 aromatic rings. The molecular weight excluding hydrogens is 307 g/mol. The fourth-order valence-electron chi connectivity index (χ4n) is 1.61. The van der Waals surface area contributed by atoms with E-state index in [9.17, 15) is 23.1 Å². The molecule has 0 bridgehead atoms. The van der Waals surface area contributed by atoms with E-state index in [-0.39, 0.29) is 45.8 Å². The Kier molecular flexibility index (Phi) is 5.87. The van der Waals surface area contributed by atoms with Crippen LogP contribution in [0.15, 0.2) is 53.4 Å². The number of hydrogen-bond donors (Lipinski definition) is 1. The Bertz CT molecular complexity index is 746. The van der Waals surface area contributed by atoms with Crippen LogP contribution in [-0.4, -0.2) is 17.9 Å². The number of hydrogen-bond acceptors (Lipinski definition) is 6. The maximum atomic E-state index is 11.1. The summed E-state index contributed by atoms with van der Waals surface area (Å²) in [6, 6.07) is 11.0. The van der Waals surface area contributed by atoms with Gasteiger partial charge in [0.1, 0.15) is 10.1 Å². The predicted molar refractivity (Wildman–Crippen MR) is 70.8 cm³/mol. The Labute approximate surface area is 143 Å². The van der Waals surface area contributed by atoms with Gasteiger partial charge in [-0.2, -0.15) is 0 Å². The number of nitro benzene ring substituents is 1. The van der Waals surface area contributed by atoms with Gasteiger partial charge in [0.05, 0.1) is 15.5 Å². The zero-order chi connectivity index (χ0) is 14.8. The largest absolute Gasteiger partial charge is 1.00 e. The van der Waals surface area contributed by atoms with Crippen LogP contribution < -0.4 is 34.9 Å². The van der Waals surface area contributed by atoms with Crippen LogP contribution >= 0.6 is 0 Å². The molecule has 0 radical (unpaired) electrons. The summed E-state index contributed by atoms with van der Waals surface area (Å²) < 4.78 is 33.3. The Hall–Kier alpha value is -1.45. The number of non-ortho nitro benzene ring substituents is 1. The smallest absolute Gasteiger partial charge is 0.744 e. The van der Waals surface area contributed by atoms with Crippen LogP contribution in [0.1, 0.15) is 0 Å². The van der Waals surface area contributed by atoms with Gasteiger partial charge in [0.2, 0.25) is 0 Å². The van der Waals surface area contributed by atoms with Crippen LogP contribution in [0.25, 0.3) is 0 Å². The molecule has 9 heteroatoms. The van der Waals surface area contributed by atoms with Crippen LogP contribution in [0.3, 0.4) is 0 Å². The zero-order valence-electron chi connectivity index (χ0n) is 11.0. The van der Waals surface area contributed by atoms with Crippen molar-refractivity contribution in [2.75, 3.05) is 5.32 Å². The van der Waals surface area contributed by atoms with Gasteiger partial charge in [0.25, 0.3) is 5.69 Å². The summed E-state index contributed by atoms with van der Waals surface area (Å²) in [5.41, 5.74) is 0.475. The fourth-order valence-corrected chi connectivity index (χ4v) is 2.24. The molecular formula is C12H9N2NaO5S. The van der Waals surface area contributed by atoms with Gasteiger partial charge >= 0.3 is 29.6 Å². The average molecular weight is 316 g/mol. The summed E-state index contributed by atoms with van der Waals surface area (Å²) in [5, 5.41) is 13.3. The molecule has 0 amide bonds. The van der Waals surface area contributed by atoms with E-state index in [4.69, 9.17) is 0 Å². The van der Waals surface area contributed by atoms with Gasteiger partial charge in [-0.1, -0.05) is 12.1 Å². The van der Waals surface area contributed by atoms with Crippen LogP contribution in [0.4, 0.5) is 17.1 Å². The van der Waals surface area contributed by atoms with E-state index in [1.807, 2.05) is 0 Å². The summed E-state index contributed by atoms with van der Waals surface area (Å²) in [6.07, 6.45) is 0. The van der Waals surface area contributed by atoms with E-state index in [1.54, 1.807) is 6.07 Å². The molecule has 0 aliphatic rings. The van der Waals surface area contributed by atoms with Crippen molar-refractivity contribution < 1.29 is 47.5 Å². The van der Waals surface area contributed by atoms with Crippen LogP contribution in [0.2, 0.25) is 0 Å². The van der Waals surface area contributed by atoms with Crippen molar-refractivity contribution in [2.45, 2.75) is 4.90 Å². The topological polar surface area (TPSA) is 112 Å². The van der Waals surface area contributed by atoms with E-state index < -0.39 is 15.0 Å². The van der Waals surface area contributed by atoms with Crippen LogP contribution in [0.5, 0.6) is 0 Å². The first-order valence-corrected chi connectivity index (χ1v) is 6.85. The molecule has 0 aliphatic heterocycles. The second kappa shape index (κ2) is 7.01. The van der Waals surface area contributed by atoms with Crippen molar-refractivity contribution in [2.24, 2.45) is 0 Å². The molecule has 7 nitrogen and oxygen atoms in total. The molecule has 0 aliphatic carbocycles. The summed E-state index contributed by atoms with van der Waals surface area (Å²) in [5.74, 6) is 0. The molecule has 0 saturated heterocycles. The number of anilines is 2. The Morgan fingerprint density at radius 1 is 1.00 bits per heavy atom. The molecule has 1 N–H and O–H groups in total. The second-order valence-corrected chi connectivity index (χ2v) is 5.23. The zero-order valence-corrected chi connectivity index (χ0v) is 13.8. The minimum atomic E-state index is -4.60. The van der Waals surface area contributed by atoms with E-state index in [0.29, 0.717) is 5.69 Å². The standard InChI is InChI=1S/C12H10N2O5S.Na/c15-14(16)10-7-5-9(6-8-10)13-11-3-1-2-4-12(11)20(17,18)19;/h1-8,13H,(H,17,18,19);/q;+1/p-1. The average Bonchev–Trinajstić information content (AvgIpc) is 2.38. The minimum Gasteiger partial charge on any atom is -0.744 e. The summed E-state index contributed by atoms with van der Waals surface area (Å²) in [7, 11) is -4.60. The van der Waals surface area contributed by atoms with Crippen molar-refractivity contribution in [3.63, 3.8) is 0 Å². The molecule has 21 heavy (non-hydrogen) atoms. The molecule has 2 rings (SSSR count). The number of rotatable bonds is 4. The minimum absolute atomic E-state index is 0. The van der Waals surface area contributed by atoms with Crippen molar-refractivity contribution in [3.05, 3.63) is 58.6 Å². The van der Waals surface area contributed by atoms with Gasteiger partial charge in [-0.05, 0) is 24.3 Å². The van der Waals surface area contributed by atoms with Crippen molar-refractivity contribution in [1.29, 1.82) is 0 Å². The monoisotopic (exact) mass is 316 g/mol. The Morgan fingerprint density at radius 2 is 1.57 bits per heavy atom. The molecule has 0 spiro atoms. The van der Waals surface area contributed by atoms with Crippen LogP contribution in [0, 0.1) is 10.1 Å². The van der Waals surface area contributed by atoms with Crippen molar-refractivity contribution in [1.82, 2.24) is 0 Å². The van der Waals surface area contributed by atoms with Gasteiger partial charge in [-0.3, -0.25) is 10.1 Å². The van der Waals surface area contributed by atoms with Crippen molar-refractivity contribution >= 4 is 27.2 Å². The van der Waals surface area contributed by atoms with E-state index in [0.717, 1.165) is 0 Å². The SMILES string of the molecule is O=[N+]([O-])c1ccc(Nc2ccccc2S(=O)(=O)[O-])cc1.[Na+]. The normalized spacial score (nSPS) is 10.5. The third-order valence-electron chi connectivity index (χ3n) is 2.51. The quantitative estimate of drug-likeness (QED) is 0.344. The molecule has 0 fully saturated rings. The van der Waals surface area contributed by atoms with Gasteiger partial charge in [0.15, 0.2) is 0 Å². The number of nitrogens with one attached hydrogen (secondary N) is 1. The molecule has 0 saturated carbocycles. The van der Waals surface area contributed by atoms with E-state index >= 15 is 0 Å². The van der Waals surface area contributed by atoms with Gasteiger partial charge < -0.3 is 9.87 Å². The first-order valence-electron chi connectivity index (χ1n) is 5.44. The number of nitro groups is 1. The van der Waals surface area contributed by atoms with Crippen molar-refractivity contribution in [3.8, 4) is 0 Å². The van der Waals surface area contributed by atoms with Gasteiger partial charge in [0, 0.05) is 17.8 Å². The summed E-state index contributed by atoms with van der Waals surface area (Å²) >= 11 is 0. The molecule has 0 atom stereocenters. The summed E-state index contributed by atoms with van der Waals surface area (Å²) in [4.78, 5) is 9.60. The van der Waals surface area contributed by atoms with Crippen LogP contribution in [-0.2, 0) is 10.1 Å². The first-order chi connectivity index (χ1) is 9.38. The van der Waals surface area contributed by atoms with Gasteiger partial charge in [-0.15, -0.1) is 0 Å². The molecule has 0 unspecified atom stereocenters. The first kappa shape index (κ1) is 17.6. The summed E-state index contributed by atoms with van der Waals surface area (Å²) in [6.45, 7) is 0. The number of nitrogens with zero attached hydrogens (tertiary/aromatic N) is 1. The maximum Gasteiger partial charge on any atom is 1.00 e. The Morgan fingerprint density at radius 3 is 2.10 bits per heavy atom. The number of benzene rings is 2. The van der Waals surface area contributed by atoms with E-state index in [2.05, 4.69) is 5.32 Å². The third kappa shape index (κ3) is 4.51. The molecule has 0 heterocycles. The van der Waals surface area contributed by atoms with E-state index in [1.165, 1.54) is 42.5 Å².